The SMILES string of the molecule is O=C1NC(C2CCCC2)c2cccc(Br)c21. The molecule has 0 saturated heterocycles. The summed E-state index contributed by atoms with van der Waals surface area (Å²) in [5.74, 6) is 0.721. The monoisotopic (exact) mass is 279 g/mol. The van der Waals surface area contributed by atoms with E-state index in [-0.39, 0.29) is 11.9 Å². The Bertz CT molecular complexity index is 438. The van der Waals surface area contributed by atoms with E-state index in [0.29, 0.717) is 5.92 Å². The van der Waals surface area contributed by atoms with Gasteiger partial charge >= 0.3 is 0 Å². The molecule has 0 bridgehead atoms. The zero-order chi connectivity index (χ0) is 11.1. The summed E-state index contributed by atoms with van der Waals surface area (Å²) >= 11 is 3.46. The van der Waals surface area contributed by atoms with Gasteiger partial charge in [-0.15, -0.1) is 0 Å². The Labute approximate surface area is 104 Å². The van der Waals surface area contributed by atoms with Gasteiger partial charge in [-0.3, -0.25) is 4.79 Å². The van der Waals surface area contributed by atoms with Crippen LogP contribution in [-0.4, -0.2) is 5.91 Å². The average Bonchev–Trinajstić information content (AvgIpc) is 2.86. The summed E-state index contributed by atoms with van der Waals surface area (Å²) < 4.78 is 0.919. The Balaban J connectivity index is 2.01. The van der Waals surface area contributed by atoms with Gasteiger partial charge in [-0.2, -0.15) is 0 Å². The second kappa shape index (κ2) is 3.88. The van der Waals surface area contributed by atoms with Crippen molar-refractivity contribution in [3.8, 4) is 0 Å². The normalized spacial score (nSPS) is 24.6. The number of halogens is 1. The van der Waals surface area contributed by atoms with E-state index in [9.17, 15) is 4.79 Å². The third kappa shape index (κ3) is 1.49. The molecule has 1 aliphatic carbocycles. The topological polar surface area (TPSA) is 29.1 Å². The van der Waals surface area contributed by atoms with Gasteiger partial charge in [0.15, 0.2) is 0 Å². The highest BCUT2D eigenvalue weighted by Crippen LogP contribution is 2.41. The van der Waals surface area contributed by atoms with E-state index in [2.05, 4.69) is 27.3 Å². The van der Waals surface area contributed by atoms with Crippen molar-refractivity contribution >= 4 is 21.8 Å². The van der Waals surface area contributed by atoms with Crippen LogP contribution in [0.2, 0.25) is 0 Å². The lowest BCUT2D eigenvalue weighted by atomic mass is 9.92. The van der Waals surface area contributed by atoms with Crippen LogP contribution in [0.1, 0.15) is 47.6 Å². The molecular formula is C13H14BrNO. The molecule has 1 heterocycles. The van der Waals surface area contributed by atoms with Gasteiger partial charge in [0.1, 0.15) is 0 Å². The summed E-state index contributed by atoms with van der Waals surface area (Å²) in [5.41, 5.74) is 2.03. The van der Waals surface area contributed by atoms with Crippen LogP contribution in [0.3, 0.4) is 0 Å². The van der Waals surface area contributed by atoms with Crippen LogP contribution in [0.25, 0.3) is 0 Å². The van der Waals surface area contributed by atoms with Gasteiger partial charge in [0.25, 0.3) is 5.91 Å². The molecule has 1 atom stereocenters. The van der Waals surface area contributed by atoms with Gasteiger partial charge < -0.3 is 5.32 Å². The minimum absolute atomic E-state index is 0.0828. The molecule has 3 rings (SSSR count). The predicted octanol–water partition coefficient (Wildman–Crippen LogP) is 3.42. The molecule has 1 amide bonds. The molecule has 1 unspecified atom stereocenters. The van der Waals surface area contributed by atoms with Crippen molar-refractivity contribution in [2.45, 2.75) is 31.7 Å². The van der Waals surface area contributed by atoms with Crippen LogP contribution >= 0.6 is 15.9 Å². The van der Waals surface area contributed by atoms with Crippen molar-refractivity contribution in [2.24, 2.45) is 5.92 Å². The summed E-state index contributed by atoms with van der Waals surface area (Å²) in [5, 5.41) is 3.13. The van der Waals surface area contributed by atoms with Crippen molar-refractivity contribution in [2.75, 3.05) is 0 Å². The van der Waals surface area contributed by atoms with Crippen LogP contribution in [0.4, 0.5) is 0 Å². The number of fused-ring (bicyclic) bond motifs is 1. The average molecular weight is 280 g/mol. The predicted molar refractivity (Wildman–Crippen MR) is 66.3 cm³/mol. The van der Waals surface area contributed by atoms with Crippen LogP contribution < -0.4 is 5.32 Å². The van der Waals surface area contributed by atoms with Crippen LogP contribution in [-0.2, 0) is 0 Å². The fourth-order valence-corrected chi connectivity index (χ4v) is 3.55. The molecule has 1 saturated carbocycles. The lowest BCUT2D eigenvalue weighted by molar-refractivity contribution is 0.0946. The van der Waals surface area contributed by atoms with Crippen LogP contribution in [0.15, 0.2) is 22.7 Å². The highest BCUT2D eigenvalue weighted by Gasteiger charge is 2.36. The Morgan fingerprint density at radius 3 is 2.75 bits per heavy atom. The van der Waals surface area contributed by atoms with Crippen molar-refractivity contribution in [3.05, 3.63) is 33.8 Å². The third-order valence-corrected chi connectivity index (χ3v) is 4.43. The number of benzene rings is 1. The van der Waals surface area contributed by atoms with Crippen LogP contribution in [0.5, 0.6) is 0 Å². The first-order valence-corrected chi connectivity index (χ1v) is 6.66. The van der Waals surface area contributed by atoms with E-state index in [4.69, 9.17) is 0 Å². The highest BCUT2D eigenvalue weighted by molar-refractivity contribution is 9.10. The fraction of sp³-hybridized carbons (Fsp3) is 0.462. The second-order valence-corrected chi connectivity index (χ2v) is 5.55. The molecule has 0 radical (unpaired) electrons. The summed E-state index contributed by atoms with van der Waals surface area (Å²) in [6.07, 6.45) is 5.11. The maximum atomic E-state index is 11.9. The molecule has 2 aliphatic rings. The van der Waals surface area contributed by atoms with E-state index in [0.717, 1.165) is 10.0 Å². The molecule has 1 fully saturated rings. The molecule has 1 aromatic rings. The minimum Gasteiger partial charge on any atom is -0.345 e. The van der Waals surface area contributed by atoms with E-state index >= 15 is 0 Å². The number of hydrogen-bond donors (Lipinski definition) is 1. The van der Waals surface area contributed by atoms with Crippen molar-refractivity contribution in [1.29, 1.82) is 0 Å². The van der Waals surface area contributed by atoms with E-state index in [1.165, 1.54) is 31.2 Å². The van der Waals surface area contributed by atoms with E-state index < -0.39 is 0 Å². The molecule has 1 aromatic carbocycles. The Kier molecular flexibility index (Phi) is 2.51. The van der Waals surface area contributed by atoms with Gasteiger partial charge in [-0.05, 0) is 46.3 Å². The summed E-state index contributed by atoms with van der Waals surface area (Å²) in [7, 11) is 0. The first-order valence-electron chi connectivity index (χ1n) is 5.86. The molecule has 1 N–H and O–H groups in total. The van der Waals surface area contributed by atoms with E-state index in [1.54, 1.807) is 0 Å². The summed E-state index contributed by atoms with van der Waals surface area (Å²) in [6.45, 7) is 0. The first kappa shape index (κ1) is 10.3. The quantitative estimate of drug-likeness (QED) is 0.839. The van der Waals surface area contributed by atoms with Gasteiger partial charge in [0.2, 0.25) is 0 Å². The smallest absolute Gasteiger partial charge is 0.253 e. The van der Waals surface area contributed by atoms with Gasteiger partial charge in [-0.25, -0.2) is 0 Å². The first-order chi connectivity index (χ1) is 7.77. The van der Waals surface area contributed by atoms with Gasteiger partial charge in [-0.1, -0.05) is 25.0 Å². The number of carbonyl (C=O) groups excluding carboxylic acids is 1. The third-order valence-electron chi connectivity index (χ3n) is 3.77. The number of rotatable bonds is 1. The Hall–Kier alpha value is -0.830. The number of amides is 1. The molecule has 1 aliphatic heterocycles. The van der Waals surface area contributed by atoms with Crippen molar-refractivity contribution in [3.63, 3.8) is 0 Å². The second-order valence-electron chi connectivity index (χ2n) is 4.70. The molecule has 16 heavy (non-hydrogen) atoms. The van der Waals surface area contributed by atoms with E-state index in [1.807, 2.05) is 12.1 Å². The lowest BCUT2D eigenvalue weighted by Gasteiger charge is -2.18. The summed E-state index contributed by atoms with van der Waals surface area (Å²) in [6, 6.07) is 6.30. The zero-order valence-electron chi connectivity index (χ0n) is 9.00. The van der Waals surface area contributed by atoms with Crippen LogP contribution in [0, 0.1) is 5.92 Å². The number of carbonyl (C=O) groups is 1. The summed E-state index contributed by atoms with van der Waals surface area (Å²) in [4.78, 5) is 11.9. The Morgan fingerprint density at radius 2 is 2.00 bits per heavy atom. The standard InChI is InChI=1S/C13H14BrNO/c14-10-7-3-6-9-11(10)13(16)15-12(9)8-4-1-2-5-8/h3,6-8,12H,1-2,4-5H2,(H,15,16). The fourth-order valence-electron chi connectivity index (χ4n) is 2.99. The molecule has 3 heteroatoms. The molecular weight excluding hydrogens is 266 g/mol. The van der Waals surface area contributed by atoms with Crippen molar-refractivity contribution in [1.82, 2.24) is 5.32 Å². The number of hydrogen-bond acceptors (Lipinski definition) is 1. The van der Waals surface area contributed by atoms with Gasteiger partial charge in [0, 0.05) is 4.47 Å². The molecule has 84 valence electrons. The minimum atomic E-state index is 0.0828. The largest absolute Gasteiger partial charge is 0.345 e. The molecule has 0 aromatic heterocycles. The van der Waals surface area contributed by atoms with Gasteiger partial charge in [0.05, 0.1) is 11.6 Å². The number of nitrogens with one attached hydrogen (secondary N) is 1. The highest BCUT2D eigenvalue weighted by atomic mass is 79.9. The Morgan fingerprint density at radius 1 is 1.25 bits per heavy atom. The lowest BCUT2D eigenvalue weighted by Crippen LogP contribution is -2.24. The maximum Gasteiger partial charge on any atom is 0.253 e. The van der Waals surface area contributed by atoms with Crippen molar-refractivity contribution < 1.29 is 4.79 Å². The zero-order valence-corrected chi connectivity index (χ0v) is 10.6. The molecule has 2 nitrogen and oxygen atoms in total. The maximum absolute atomic E-state index is 11.9. The molecule has 0 spiro atoms.